The number of phenols is 1. The van der Waals surface area contributed by atoms with Crippen molar-refractivity contribution in [3.63, 3.8) is 0 Å². The smallest absolute Gasteiger partial charge is 0.303 e. The number of aromatic hydroxyl groups is 1. The molecule has 5 unspecified atom stereocenters. The van der Waals surface area contributed by atoms with E-state index in [9.17, 15) is 25.2 Å². The molecule has 1 aromatic rings. The van der Waals surface area contributed by atoms with Crippen molar-refractivity contribution >= 4 is 5.97 Å². The van der Waals surface area contributed by atoms with Crippen LogP contribution in [0.4, 0.5) is 0 Å². The molecule has 9 heteroatoms. The van der Waals surface area contributed by atoms with Gasteiger partial charge in [0.05, 0.1) is 12.2 Å². The van der Waals surface area contributed by atoms with Gasteiger partial charge in [0, 0.05) is 6.42 Å². The summed E-state index contributed by atoms with van der Waals surface area (Å²) in [5.41, 5.74) is 0.486. The van der Waals surface area contributed by atoms with E-state index in [-0.39, 0.29) is 24.7 Å². The van der Waals surface area contributed by atoms with Gasteiger partial charge in [-0.05, 0) is 56.4 Å². The van der Waals surface area contributed by atoms with E-state index >= 15 is 0 Å². The molecular weight excluding hydrogens is 396 g/mol. The van der Waals surface area contributed by atoms with Crippen LogP contribution in [-0.2, 0) is 20.7 Å². The zero-order valence-corrected chi connectivity index (χ0v) is 16.9. The molecule has 0 amide bonds. The summed E-state index contributed by atoms with van der Waals surface area (Å²) in [4.78, 5) is 10.8. The Morgan fingerprint density at radius 1 is 1.10 bits per heavy atom. The van der Waals surface area contributed by atoms with E-state index in [0.29, 0.717) is 24.2 Å². The first kappa shape index (κ1) is 22.8. The minimum atomic E-state index is -1.38. The Morgan fingerprint density at radius 2 is 1.80 bits per heavy atom. The molecular formula is C21H30O9. The molecule has 1 heterocycles. The van der Waals surface area contributed by atoms with Crippen molar-refractivity contribution in [2.45, 2.75) is 88.4 Å². The van der Waals surface area contributed by atoms with Gasteiger partial charge in [-0.3, -0.25) is 4.79 Å². The van der Waals surface area contributed by atoms with Crippen LogP contribution >= 0.6 is 0 Å². The standard InChI is InChI=1S/C21H30O9/c1-11-18(25)19(26)20(27)21(28-11)30-16-5-3-2-4-15(16)29-13-7-8-14(22)12(10-13)6-9-17(23)24/h7-8,10-11,15-16,18-22,25-27H,2-6,9H2,1H3,(H,23,24)/t11?,15?,16?,18-,19?,20?,21+/m1/s1. The van der Waals surface area contributed by atoms with Gasteiger partial charge in [0.15, 0.2) is 6.29 Å². The van der Waals surface area contributed by atoms with Crippen LogP contribution < -0.4 is 4.74 Å². The zero-order chi connectivity index (χ0) is 21.8. The highest BCUT2D eigenvalue weighted by Crippen LogP contribution is 2.32. The highest BCUT2D eigenvalue weighted by molar-refractivity contribution is 5.67. The predicted octanol–water partition coefficient (Wildman–Crippen LogP) is 0.943. The summed E-state index contributed by atoms with van der Waals surface area (Å²) in [6, 6.07) is 4.70. The average molecular weight is 426 g/mol. The second-order valence-electron chi connectivity index (χ2n) is 7.98. The molecule has 0 aromatic heterocycles. The summed E-state index contributed by atoms with van der Waals surface area (Å²) in [6.45, 7) is 1.60. The Labute approximate surface area is 174 Å². The molecule has 9 nitrogen and oxygen atoms in total. The fraction of sp³-hybridized carbons (Fsp3) is 0.667. The minimum Gasteiger partial charge on any atom is -0.508 e. The highest BCUT2D eigenvalue weighted by Gasteiger charge is 2.44. The summed E-state index contributed by atoms with van der Waals surface area (Å²) >= 11 is 0. The number of aliphatic hydroxyl groups is 3. The summed E-state index contributed by atoms with van der Waals surface area (Å²) in [5, 5.41) is 48.9. The maximum absolute atomic E-state index is 10.8. The molecule has 7 atom stereocenters. The zero-order valence-electron chi connectivity index (χ0n) is 16.9. The number of carboxylic acid groups (broad SMARTS) is 1. The summed E-state index contributed by atoms with van der Waals surface area (Å²) < 4.78 is 17.6. The van der Waals surface area contributed by atoms with Crippen molar-refractivity contribution < 1.29 is 44.5 Å². The van der Waals surface area contributed by atoms with Crippen molar-refractivity contribution in [3.8, 4) is 11.5 Å². The van der Waals surface area contributed by atoms with Crippen LogP contribution in [0.5, 0.6) is 11.5 Å². The summed E-state index contributed by atoms with van der Waals surface area (Å²) in [5.74, 6) is -0.447. The maximum Gasteiger partial charge on any atom is 0.303 e. The van der Waals surface area contributed by atoms with E-state index in [2.05, 4.69) is 0 Å². The van der Waals surface area contributed by atoms with Gasteiger partial charge in [0.1, 0.15) is 35.9 Å². The van der Waals surface area contributed by atoms with E-state index < -0.39 is 42.8 Å². The number of benzene rings is 1. The van der Waals surface area contributed by atoms with Crippen molar-refractivity contribution in [1.82, 2.24) is 0 Å². The lowest BCUT2D eigenvalue weighted by molar-refractivity contribution is -0.311. The maximum atomic E-state index is 10.8. The molecule has 30 heavy (non-hydrogen) atoms. The van der Waals surface area contributed by atoms with Crippen molar-refractivity contribution in [3.05, 3.63) is 23.8 Å². The summed E-state index contributed by atoms with van der Waals surface area (Å²) in [7, 11) is 0. The van der Waals surface area contributed by atoms with Gasteiger partial charge in [-0.1, -0.05) is 6.42 Å². The Morgan fingerprint density at radius 3 is 2.50 bits per heavy atom. The number of aryl methyl sites for hydroxylation is 1. The van der Waals surface area contributed by atoms with Crippen LogP contribution in [0.3, 0.4) is 0 Å². The van der Waals surface area contributed by atoms with E-state index in [0.717, 1.165) is 12.8 Å². The third kappa shape index (κ3) is 5.41. The number of ether oxygens (including phenoxy) is 3. The predicted molar refractivity (Wildman–Crippen MR) is 104 cm³/mol. The van der Waals surface area contributed by atoms with E-state index in [1.807, 2.05) is 0 Å². The van der Waals surface area contributed by atoms with Gasteiger partial charge in [-0.25, -0.2) is 0 Å². The van der Waals surface area contributed by atoms with Gasteiger partial charge in [-0.2, -0.15) is 0 Å². The molecule has 3 rings (SSSR count). The van der Waals surface area contributed by atoms with Crippen LogP contribution in [0.25, 0.3) is 0 Å². The Hall–Kier alpha value is -1.91. The number of hydrogen-bond acceptors (Lipinski definition) is 8. The number of carboxylic acids is 1. The van der Waals surface area contributed by atoms with Crippen LogP contribution in [0.2, 0.25) is 0 Å². The van der Waals surface area contributed by atoms with Gasteiger partial charge in [0.2, 0.25) is 0 Å². The van der Waals surface area contributed by atoms with E-state index in [4.69, 9.17) is 19.3 Å². The molecule has 2 fully saturated rings. The molecule has 1 saturated heterocycles. The third-order valence-corrected chi connectivity index (χ3v) is 5.71. The third-order valence-electron chi connectivity index (χ3n) is 5.71. The lowest BCUT2D eigenvalue weighted by Crippen LogP contribution is -2.58. The molecule has 2 aliphatic rings. The lowest BCUT2D eigenvalue weighted by atomic mass is 9.94. The number of hydrogen-bond donors (Lipinski definition) is 5. The monoisotopic (exact) mass is 426 g/mol. The number of rotatable bonds is 7. The molecule has 1 saturated carbocycles. The van der Waals surface area contributed by atoms with Crippen LogP contribution in [0.15, 0.2) is 18.2 Å². The van der Waals surface area contributed by atoms with E-state index in [1.54, 1.807) is 19.1 Å². The lowest BCUT2D eigenvalue weighted by Gasteiger charge is -2.42. The Kier molecular flexibility index (Phi) is 7.54. The average Bonchev–Trinajstić information content (AvgIpc) is 2.72. The number of phenolic OH excluding ortho intramolecular Hbond substituents is 1. The van der Waals surface area contributed by atoms with Crippen molar-refractivity contribution in [2.24, 2.45) is 0 Å². The van der Waals surface area contributed by atoms with Crippen molar-refractivity contribution in [1.29, 1.82) is 0 Å². The summed E-state index contributed by atoms with van der Waals surface area (Å²) in [6.07, 6.45) is -3.15. The second kappa shape index (κ2) is 9.93. The van der Waals surface area contributed by atoms with Gasteiger partial charge in [0.25, 0.3) is 0 Å². The molecule has 0 spiro atoms. The largest absolute Gasteiger partial charge is 0.508 e. The Balaban J connectivity index is 1.67. The van der Waals surface area contributed by atoms with E-state index in [1.165, 1.54) is 6.07 Å². The fourth-order valence-corrected chi connectivity index (χ4v) is 3.90. The Bertz CT molecular complexity index is 724. The topological polar surface area (TPSA) is 146 Å². The molecule has 0 radical (unpaired) electrons. The van der Waals surface area contributed by atoms with Crippen LogP contribution in [-0.4, -0.2) is 74.4 Å². The number of aliphatic carboxylic acids is 1. The fourth-order valence-electron chi connectivity index (χ4n) is 3.90. The highest BCUT2D eigenvalue weighted by atomic mass is 16.7. The van der Waals surface area contributed by atoms with Gasteiger partial charge >= 0.3 is 5.97 Å². The molecule has 1 aromatic carbocycles. The quantitative estimate of drug-likeness (QED) is 0.430. The molecule has 1 aliphatic heterocycles. The molecule has 168 valence electrons. The van der Waals surface area contributed by atoms with Gasteiger partial charge < -0.3 is 39.7 Å². The van der Waals surface area contributed by atoms with Crippen molar-refractivity contribution in [2.75, 3.05) is 0 Å². The molecule has 1 aliphatic carbocycles. The molecule has 0 bridgehead atoms. The number of aliphatic hydroxyl groups excluding tert-OH is 3. The van der Waals surface area contributed by atoms with Gasteiger partial charge in [-0.15, -0.1) is 0 Å². The first-order valence-electron chi connectivity index (χ1n) is 10.3. The first-order chi connectivity index (χ1) is 14.3. The first-order valence-corrected chi connectivity index (χ1v) is 10.3. The molecule has 5 N–H and O–H groups in total. The van der Waals surface area contributed by atoms with Crippen LogP contribution in [0, 0.1) is 0 Å². The SMILES string of the molecule is CC1O[C@@H](OC2CCCCC2Oc2ccc(O)c(CCC(=O)O)c2)C(O)C(O)[C@@H]1O. The normalized spacial score (nSPS) is 34.5. The number of carbonyl (C=O) groups is 1. The minimum absolute atomic E-state index is 0.0142. The second-order valence-corrected chi connectivity index (χ2v) is 7.98. The van der Waals surface area contributed by atoms with Crippen LogP contribution in [0.1, 0.15) is 44.6 Å².